The summed E-state index contributed by atoms with van der Waals surface area (Å²) in [5.74, 6) is 0.150. The van der Waals surface area contributed by atoms with Gasteiger partial charge in [0.05, 0.1) is 6.10 Å². The van der Waals surface area contributed by atoms with Crippen molar-refractivity contribution < 1.29 is 9.53 Å². The van der Waals surface area contributed by atoms with Gasteiger partial charge in [0.2, 0.25) is 0 Å². The first-order valence-corrected chi connectivity index (χ1v) is 3.18. The number of fused-ring (bicyclic) bond motifs is 2. The lowest BCUT2D eigenvalue weighted by molar-refractivity contribution is -0.195. The van der Waals surface area contributed by atoms with Crippen molar-refractivity contribution in [2.24, 2.45) is 0 Å². The molecule has 50 valence electrons. The first-order chi connectivity index (χ1) is 4.27. The van der Waals surface area contributed by atoms with Gasteiger partial charge in [-0.15, -0.1) is 0 Å². The summed E-state index contributed by atoms with van der Waals surface area (Å²) in [4.78, 5) is 12.7. The Bertz CT molecular complexity index is 147. The normalized spacial score (nSPS) is 40.6. The molecule has 3 aliphatic heterocycles. The second kappa shape index (κ2) is 1.48. The van der Waals surface area contributed by atoms with Crippen LogP contribution in [0.1, 0.15) is 6.42 Å². The molecule has 3 fully saturated rings. The van der Waals surface area contributed by atoms with E-state index in [4.69, 9.17) is 4.74 Å². The van der Waals surface area contributed by atoms with E-state index in [9.17, 15) is 4.79 Å². The highest BCUT2D eigenvalue weighted by Crippen LogP contribution is 2.27. The lowest BCUT2D eigenvalue weighted by Gasteiger charge is -2.44. The molecule has 2 unspecified atom stereocenters. The van der Waals surface area contributed by atoms with Crippen LogP contribution in [-0.4, -0.2) is 36.6 Å². The molecule has 0 aromatic rings. The van der Waals surface area contributed by atoms with Gasteiger partial charge in [-0.1, -0.05) is 0 Å². The van der Waals surface area contributed by atoms with Crippen LogP contribution in [0.15, 0.2) is 0 Å². The zero-order chi connectivity index (χ0) is 6.43. The molecule has 0 aromatic heterocycles. The number of ether oxygens (including phenoxy) is 1. The van der Waals surface area contributed by atoms with E-state index in [1.54, 1.807) is 4.90 Å². The van der Waals surface area contributed by atoms with Crippen LogP contribution >= 0.6 is 0 Å². The highest BCUT2D eigenvalue weighted by atomic mass is 16.5. The van der Waals surface area contributed by atoms with Crippen molar-refractivity contribution in [1.82, 2.24) is 4.90 Å². The van der Waals surface area contributed by atoms with E-state index < -0.39 is 0 Å². The molecular weight excluding hydrogens is 118 g/mol. The summed E-state index contributed by atoms with van der Waals surface area (Å²) >= 11 is 0. The fraction of sp³-hybridized carbons (Fsp3) is 0.833. The summed E-state index contributed by atoms with van der Waals surface area (Å²) in [6.45, 7) is 0.787. The van der Waals surface area contributed by atoms with Gasteiger partial charge in [0.25, 0.3) is 5.91 Å². The Morgan fingerprint density at radius 1 is 1.78 bits per heavy atom. The van der Waals surface area contributed by atoms with E-state index >= 15 is 0 Å². The smallest absolute Gasteiger partial charge is 0.251 e. The zero-order valence-corrected chi connectivity index (χ0v) is 5.33. The van der Waals surface area contributed by atoms with Gasteiger partial charge in [-0.3, -0.25) is 4.79 Å². The largest absolute Gasteiger partial charge is 0.363 e. The number of morpholine rings is 1. The SMILES string of the molecule is CN1CC2CC(O2)C1=O. The third kappa shape index (κ3) is 0.580. The molecular formula is C6H9NO2. The fourth-order valence-electron chi connectivity index (χ4n) is 1.38. The van der Waals surface area contributed by atoms with Crippen LogP contribution in [0.4, 0.5) is 0 Å². The molecule has 3 heterocycles. The molecule has 0 saturated carbocycles. The maximum Gasteiger partial charge on any atom is 0.251 e. The minimum Gasteiger partial charge on any atom is -0.363 e. The summed E-state index contributed by atoms with van der Waals surface area (Å²) in [7, 11) is 1.82. The Balaban J connectivity index is 2.13. The van der Waals surface area contributed by atoms with Crippen LogP contribution in [0.3, 0.4) is 0 Å². The van der Waals surface area contributed by atoms with Gasteiger partial charge in [-0.05, 0) is 0 Å². The van der Waals surface area contributed by atoms with Gasteiger partial charge < -0.3 is 9.64 Å². The molecule has 2 bridgehead atoms. The summed E-state index contributed by atoms with van der Waals surface area (Å²) in [6, 6.07) is 0. The highest BCUT2D eigenvalue weighted by molar-refractivity contribution is 5.82. The number of carbonyl (C=O) groups excluding carboxylic acids is 1. The monoisotopic (exact) mass is 127 g/mol. The number of piperidine rings is 1. The van der Waals surface area contributed by atoms with E-state index in [0.29, 0.717) is 6.10 Å². The van der Waals surface area contributed by atoms with Crippen molar-refractivity contribution in [3.63, 3.8) is 0 Å². The lowest BCUT2D eigenvalue weighted by atomic mass is 9.99. The van der Waals surface area contributed by atoms with Gasteiger partial charge in [0.15, 0.2) is 0 Å². The number of amides is 1. The third-order valence-electron chi connectivity index (χ3n) is 1.96. The lowest BCUT2D eigenvalue weighted by Crippen LogP contribution is -2.59. The molecule has 0 N–H and O–H groups in total. The summed E-state index contributed by atoms with van der Waals surface area (Å²) < 4.78 is 5.17. The molecule has 1 amide bonds. The first-order valence-electron chi connectivity index (χ1n) is 3.18. The van der Waals surface area contributed by atoms with Crippen molar-refractivity contribution in [3.8, 4) is 0 Å². The Labute approximate surface area is 53.6 Å². The molecule has 3 rings (SSSR count). The number of likely N-dealkylation sites (N-methyl/N-ethyl adjacent to an activating group) is 1. The van der Waals surface area contributed by atoms with E-state index in [-0.39, 0.29) is 12.0 Å². The van der Waals surface area contributed by atoms with Crippen LogP contribution in [0.5, 0.6) is 0 Å². The Hall–Kier alpha value is -0.570. The zero-order valence-electron chi connectivity index (χ0n) is 5.33. The first kappa shape index (κ1) is 5.23. The molecule has 3 heteroatoms. The Morgan fingerprint density at radius 2 is 2.44 bits per heavy atom. The molecule has 0 spiro atoms. The standard InChI is InChI=1S/C6H9NO2/c1-7-3-4-2-5(9-4)6(7)8/h4-5H,2-3H2,1H3. The van der Waals surface area contributed by atoms with Crippen LogP contribution in [-0.2, 0) is 9.53 Å². The maximum atomic E-state index is 11.0. The summed E-state index contributed by atoms with van der Waals surface area (Å²) in [5, 5.41) is 0. The predicted octanol–water partition coefficient (Wildman–Crippen LogP) is -0.384. The third-order valence-corrected chi connectivity index (χ3v) is 1.96. The quantitative estimate of drug-likeness (QED) is 0.443. The molecule has 2 atom stereocenters. The van der Waals surface area contributed by atoms with Crippen LogP contribution in [0.25, 0.3) is 0 Å². The van der Waals surface area contributed by atoms with Crippen molar-refractivity contribution in [1.29, 1.82) is 0 Å². The second-order valence-corrected chi connectivity index (χ2v) is 2.70. The van der Waals surface area contributed by atoms with E-state index in [0.717, 1.165) is 13.0 Å². The minimum atomic E-state index is -0.0891. The number of carbonyl (C=O) groups is 1. The predicted molar refractivity (Wildman–Crippen MR) is 30.9 cm³/mol. The molecule has 0 aliphatic carbocycles. The van der Waals surface area contributed by atoms with Crippen LogP contribution in [0, 0.1) is 0 Å². The summed E-state index contributed by atoms with van der Waals surface area (Å²) in [6.07, 6.45) is 1.20. The van der Waals surface area contributed by atoms with Crippen molar-refractivity contribution >= 4 is 5.91 Å². The van der Waals surface area contributed by atoms with Crippen molar-refractivity contribution in [2.75, 3.05) is 13.6 Å². The second-order valence-electron chi connectivity index (χ2n) is 2.70. The number of nitrogens with zero attached hydrogens (tertiary/aromatic N) is 1. The topological polar surface area (TPSA) is 29.5 Å². The van der Waals surface area contributed by atoms with Crippen LogP contribution < -0.4 is 0 Å². The molecule has 0 radical (unpaired) electrons. The molecule has 0 aromatic carbocycles. The van der Waals surface area contributed by atoms with Crippen molar-refractivity contribution in [3.05, 3.63) is 0 Å². The Kier molecular flexibility index (Phi) is 0.858. The molecule has 3 nitrogen and oxygen atoms in total. The van der Waals surface area contributed by atoms with Gasteiger partial charge >= 0.3 is 0 Å². The molecule has 3 aliphatic rings. The van der Waals surface area contributed by atoms with Gasteiger partial charge in [-0.2, -0.15) is 0 Å². The Morgan fingerprint density at radius 3 is 2.78 bits per heavy atom. The highest BCUT2D eigenvalue weighted by Gasteiger charge is 2.43. The van der Waals surface area contributed by atoms with E-state index in [1.165, 1.54) is 0 Å². The maximum absolute atomic E-state index is 11.0. The van der Waals surface area contributed by atoms with Gasteiger partial charge in [0, 0.05) is 20.0 Å². The minimum absolute atomic E-state index is 0.0891. The van der Waals surface area contributed by atoms with E-state index in [2.05, 4.69) is 0 Å². The van der Waals surface area contributed by atoms with Gasteiger partial charge in [-0.25, -0.2) is 0 Å². The molecule has 9 heavy (non-hydrogen) atoms. The molecule has 3 saturated heterocycles. The average Bonchev–Trinajstić information content (AvgIpc) is 1.72. The number of rotatable bonds is 0. The van der Waals surface area contributed by atoms with Crippen LogP contribution in [0.2, 0.25) is 0 Å². The summed E-state index contributed by atoms with van der Waals surface area (Å²) in [5.41, 5.74) is 0. The van der Waals surface area contributed by atoms with E-state index in [1.807, 2.05) is 7.05 Å². The number of hydrogen-bond acceptors (Lipinski definition) is 2. The average molecular weight is 127 g/mol. The fourth-order valence-corrected chi connectivity index (χ4v) is 1.38. The van der Waals surface area contributed by atoms with Gasteiger partial charge in [0.1, 0.15) is 6.10 Å². The van der Waals surface area contributed by atoms with Crippen molar-refractivity contribution in [2.45, 2.75) is 18.6 Å². The number of hydrogen-bond donors (Lipinski definition) is 0.